The standard InChI is InChI=1S/C27H35N2O3.ClH/c1-18(2)22-15-10-19(3)16-25(22)32-26(30)17-29-24-9-7-6-8-23(24)28(4)27(29)20-11-13-21(31-5)14-12-20;/h6-9,11-14,18-19,22,25H,10,15-17H2,1-5H3;1H/q+1;/p-1. The number of methoxy groups -OCH3 is 1. The van der Waals surface area contributed by atoms with E-state index in [2.05, 4.69) is 42.0 Å². The first-order valence-corrected chi connectivity index (χ1v) is 11.7. The molecule has 0 aliphatic heterocycles. The van der Waals surface area contributed by atoms with Crippen LogP contribution < -0.4 is 21.7 Å². The molecule has 33 heavy (non-hydrogen) atoms. The van der Waals surface area contributed by atoms with E-state index in [1.165, 1.54) is 6.42 Å². The Bertz CT molecular complexity index is 1090. The number of imidazole rings is 1. The third-order valence-corrected chi connectivity index (χ3v) is 6.99. The lowest BCUT2D eigenvalue weighted by Gasteiger charge is -2.36. The Morgan fingerprint density at radius 1 is 1.12 bits per heavy atom. The normalized spacial score (nSPS) is 20.5. The molecule has 0 spiro atoms. The summed E-state index contributed by atoms with van der Waals surface area (Å²) >= 11 is 0. The summed E-state index contributed by atoms with van der Waals surface area (Å²) < 4.78 is 15.7. The highest BCUT2D eigenvalue weighted by Crippen LogP contribution is 2.35. The van der Waals surface area contributed by atoms with E-state index in [1.807, 2.05) is 43.4 Å². The van der Waals surface area contributed by atoms with Gasteiger partial charge >= 0.3 is 5.97 Å². The van der Waals surface area contributed by atoms with E-state index >= 15 is 0 Å². The summed E-state index contributed by atoms with van der Waals surface area (Å²) in [5, 5.41) is 0. The number of hydrogen-bond donors (Lipinski definition) is 0. The van der Waals surface area contributed by atoms with E-state index in [1.54, 1.807) is 7.11 Å². The number of carbonyl (C=O) groups is 1. The van der Waals surface area contributed by atoms with E-state index in [0.717, 1.165) is 41.0 Å². The van der Waals surface area contributed by atoms with Crippen molar-refractivity contribution >= 4 is 17.0 Å². The predicted octanol–water partition coefficient (Wildman–Crippen LogP) is 2.15. The van der Waals surface area contributed by atoms with Gasteiger partial charge in [-0.2, -0.15) is 0 Å². The molecule has 0 N–H and O–H groups in total. The first-order chi connectivity index (χ1) is 15.4. The van der Waals surface area contributed by atoms with Crippen molar-refractivity contribution < 1.29 is 31.2 Å². The first-order valence-electron chi connectivity index (χ1n) is 11.7. The molecule has 2 aromatic carbocycles. The predicted molar refractivity (Wildman–Crippen MR) is 126 cm³/mol. The molecule has 0 radical (unpaired) electrons. The van der Waals surface area contributed by atoms with Gasteiger partial charge in [-0.05, 0) is 67.0 Å². The number of esters is 1. The molecule has 1 fully saturated rings. The minimum Gasteiger partial charge on any atom is -1.00 e. The number of carbonyl (C=O) groups excluding carboxylic acids is 1. The van der Waals surface area contributed by atoms with E-state index in [9.17, 15) is 4.79 Å². The molecule has 0 bridgehead atoms. The molecule has 0 amide bonds. The summed E-state index contributed by atoms with van der Waals surface area (Å²) in [7, 11) is 3.71. The SMILES string of the molecule is COc1ccc(-c2n(CC(=O)OC3CC(C)CCC3C(C)C)c3ccccc3[n+]2C)cc1.[Cl-]. The second-order valence-corrected chi connectivity index (χ2v) is 9.54. The Hall–Kier alpha value is -2.53. The van der Waals surface area contributed by atoms with Gasteiger partial charge < -0.3 is 21.9 Å². The molecule has 1 aromatic heterocycles. The number of hydrogen-bond acceptors (Lipinski definition) is 3. The summed E-state index contributed by atoms with van der Waals surface area (Å²) in [4.78, 5) is 13.2. The third kappa shape index (κ3) is 5.19. The van der Waals surface area contributed by atoms with Gasteiger partial charge in [0, 0.05) is 0 Å². The average molecular weight is 471 g/mol. The van der Waals surface area contributed by atoms with Crippen LogP contribution in [-0.4, -0.2) is 23.8 Å². The Kier molecular flexibility index (Phi) is 8.06. The topological polar surface area (TPSA) is 44.3 Å². The summed E-state index contributed by atoms with van der Waals surface area (Å²) in [5.74, 6) is 3.18. The smallest absolute Gasteiger partial charge is 0.348 e. The second-order valence-electron chi connectivity index (χ2n) is 9.54. The number of benzene rings is 2. The minimum absolute atomic E-state index is 0. The van der Waals surface area contributed by atoms with Crippen LogP contribution in [0.4, 0.5) is 0 Å². The zero-order valence-electron chi connectivity index (χ0n) is 20.3. The van der Waals surface area contributed by atoms with Gasteiger partial charge in [0.05, 0.1) is 19.7 Å². The summed E-state index contributed by atoms with van der Waals surface area (Å²) in [6.45, 7) is 6.93. The maximum Gasteiger partial charge on any atom is 0.348 e. The highest BCUT2D eigenvalue weighted by atomic mass is 35.5. The van der Waals surface area contributed by atoms with Gasteiger partial charge in [-0.25, -0.2) is 13.9 Å². The summed E-state index contributed by atoms with van der Waals surface area (Å²) in [6, 6.07) is 16.2. The fraction of sp³-hybridized carbons (Fsp3) is 0.481. The fourth-order valence-corrected chi connectivity index (χ4v) is 5.22. The van der Waals surface area contributed by atoms with Gasteiger partial charge in [-0.15, -0.1) is 0 Å². The molecule has 1 aliphatic rings. The molecular formula is C27H35ClN2O3. The molecule has 3 unspecified atom stereocenters. The number of rotatable bonds is 6. The van der Waals surface area contributed by atoms with Crippen LogP contribution in [-0.2, 0) is 23.1 Å². The Labute approximate surface area is 203 Å². The van der Waals surface area contributed by atoms with Crippen LogP contribution in [0.5, 0.6) is 5.75 Å². The third-order valence-electron chi connectivity index (χ3n) is 6.99. The molecule has 178 valence electrons. The molecule has 1 saturated carbocycles. The number of aromatic nitrogens is 2. The van der Waals surface area contributed by atoms with Gasteiger partial charge in [-0.3, -0.25) is 0 Å². The first kappa shape index (κ1) is 25.1. The maximum atomic E-state index is 13.2. The number of nitrogens with zero attached hydrogens (tertiary/aromatic N) is 2. The van der Waals surface area contributed by atoms with Crippen LogP contribution in [0.1, 0.15) is 40.0 Å². The van der Waals surface area contributed by atoms with Gasteiger partial charge in [0.25, 0.3) is 5.82 Å². The number of fused-ring (bicyclic) bond motifs is 1. The maximum absolute atomic E-state index is 13.2. The van der Waals surface area contributed by atoms with Crippen LogP contribution in [0, 0.1) is 17.8 Å². The number of aryl methyl sites for hydroxylation is 1. The highest BCUT2D eigenvalue weighted by molar-refractivity contribution is 5.79. The van der Waals surface area contributed by atoms with Crippen LogP contribution in [0.3, 0.4) is 0 Å². The van der Waals surface area contributed by atoms with Crippen molar-refractivity contribution in [2.24, 2.45) is 24.8 Å². The second kappa shape index (κ2) is 10.6. The lowest BCUT2D eigenvalue weighted by atomic mass is 9.75. The monoisotopic (exact) mass is 470 g/mol. The van der Waals surface area contributed by atoms with Crippen molar-refractivity contribution in [2.45, 2.75) is 52.7 Å². The lowest BCUT2D eigenvalue weighted by molar-refractivity contribution is -0.634. The summed E-state index contributed by atoms with van der Waals surface area (Å²) in [6.07, 6.45) is 3.32. The van der Waals surface area contributed by atoms with E-state index < -0.39 is 0 Å². The van der Waals surface area contributed by atoms with Crippen LogP contribution in [0.25, 0.3) is 22.4 Å². The Balaban J connectivity index is 0.00000306. The van der Waals surface area contributed by atoms with Crippen molar-refractivity contribution in [2.75, 3.05) is 7.11 Å². The van der Waals surface area contributed by atoms with E-state index in [4.69, 9.17) is 9.47 Å². The zero-order valence-corrected chi connectivity index (χ0v) is 21.0. The van der Waals surface area contributed by atoms with Crippen molar-refractivity contribution in [3.63, 3.8) is 0 Å². The van der Waals surface area contributed by atoms with Gasteiger partial charge in [-0.1, -0.05) is 39.3 Å². The number of ether oxygens (including phenoxy) is 2. The lowest BCUT2D eigenvalue weighted by Crippen LogP contribution is -3.00. The van der Waals surface area contributed by atoms with Crippen molar-refractivity contribution in [1.29, 1.82) is 0 Å². The molecular weight excluding hydrogens is 436 g/mol. The van der Waals surface area contributed by atoms with Gasteiger partial charge in [0.15, 0.2) is 17.6 Å². The van der Waals surface area contributed by atoms with Crippen LogP contribution in [0.15, 0.2) is 48.5 Å². The number of halogens is 1. The van der Waals surface area contributed by atoms with Crippen molar-refractivity contribution in [3.05, 3.63) is 48.5 Å². The molecule has 1 heterocycles. The molecule has 3 aromatic rings. The molecule has 6 heteroatoms. The Morgan fingerprint density at radius 3 is 2.48 bits per heavy atom. The fourth-order valence-electron chi connectivity index (χ4n) is 5.22. The van der Waals surface area contributed by atoms with E-state index in [-0.39, 0.29) is 31.0 Å². The van der Waals surface area contributed by atoms with Crippen LogP contribution >= 0.6 is 0 Å². The number of para-hydroxylation sites is 2. The van der Waals surface area contributed by atoms with Gasteiger partial charge in [0.2, 0.25) is 0 Å². The molecule has 3 atom stereocenters. The molecule has 0 saturated heterocycles. The van der Waals surface area contributed by atoms with Crippen molar-refractivity contribution in [1.82, 2.24) is 4.57 Å². The van der Waals surface area contributed by atoms with E-state index in [0.29, 0.717) is 17.8 Å². The largest absolute Gasteiger partial charge is 1.00 e. The Morgan fingerprint density at radius 2 is 1.82 bits per heavy atom. The molecule has 1 aliphatic carbocycles. The summed E-state index contributed by atoms with van der Waals surface area (Å²) in [5.41, 5.74) is 3.14. The minimum atomic E-state index is -0.161. The molecule has 5 nitrogen and oxygen atoms in total. The highest BCUT2D eigenvalue weighted by Gasteiger charge is 2.34. The van der Waals surface area contributed by atoms with Gasteiger partial charge in [0.1, 0.15) is 11.9 Å². The zero-order chi connectivity index (χ0) is 22.8. The quantitative estimate of drug-likeness (QED) is 0.409. The molecule has 4 rings (SSSR count). The van der Waals surface area contributed by atoms with Crippen LogP contribution in [0.2, 0.25) is 0 Å². The van der Waals surface area contributed by atoms with Crippen molar-refractivity contribution in [3.8, 4) is 17.1 Å². The average Bonchev–Trinajstić information content (AvgIpc) is 3.05.